The molecule has 2 rings (SSSR count). The van der Waals surface area contributed by atoms with Gasteiger partial charge in [-0.05, 0) is 37.8 Å². The fourth-order valence-corrected chi connectivity index (χ4v) is 2.78. The van der Waals surface area contributed by atoms with Gasteiger partial charge in [-0.3, -0.25) is 4.79 Å². The Labute approximate surface area is 124 Å². The molecule has 2 unspecified atom stereocenters. The predicted octanol–water partition coefficient (Wildman–Crippen LogP) is 3.11. The Kier molecular flexibility index (Phi) is 4.89. The van der Waals surface area contributed by atoms with Gasteiger partial charge >= 0.3 is 0 Å². The zero-order valence-corrected chi connectivity index (χ0v) is 12.7. The number of nitrogens with two attached hydrogens (primary N) is 1. The quantitative estimate of drug-likeness (QED) is 0.901. The Morgan fingerprint density at radius 3 is 2.85 bits per heavy atom. The number of halogens is 1. The van der Waals surface area contributed by atoms with E-state index in [0.717, 1.165) is 31.2 Å². The van der Waals surface area contributed by atoms with Crippen LogP contribution in [0.2, 0.25) is 5.02 Å². The fraction of sp³-hybridized carbons (Fsp3) is 0.533. The minimum atomic E-state index is -0.0144. The average molecular weight is 297 g/mol. The molecule has 0 aromatic heterocycles. The molecule has 1 fully saturated rings. The van der Waals surface area contributed by atoms with Gasteiger partial charge in [-0.2, -0.15) is 0 Å². The fourth-order valence-electron chi connectivity index (χ4n) is 2.63. The van der Waals surface area contributed by atoms with Crippen LogP contribution in [0.1, 0.15) is 31.2 Å². The first-order valence-corrected chi connectivity index (χ1v) is 7.29. The lowest BCUT2D eigenvalue weighted by molar-refractivity contribution is -0.120. The third-order valence-corrected chi connectivity index (χ3v) is 4.23. The van der Waals surface area contributed by atoms with Crippen molar-refractivity contribution in [2.45, 2.75) is 38.6 Å². The van der Waals surface area contributed by atoms with Crippen molar-refractivity contribution in [3.05, 3.63) is 22.7 Å². The molecule has 20 heavy (non-hydrogen) atoms. The number of nitrogens with one attached hydrogen (secondary N) is 1. The molecule has 0 radical (unpaired) electrons. The van der Waals surface area contributed by atoms with Gasteiger partial charge in [0.05, 0.1) is 12.8 Å². The minimum Gasteiger partial charge on any atom is -0.495 e. The van der Waals surface area contributed by atoms with E-state index in [4.69, 9.17) is 22.1 Å². The maximum Gasteiger partial charge on any atom is 0.227 e. The minimum absolute atomic E-state index is 0.0140. The van der Waals surface area contributed by atoms with Gasteiger partial charge in [-0.25, -0.2) is 0 Å². The molecule has 0 spiro atoms. The van der Waals surface area contributed by atoms with E-state index < -0.39 is 0 Å². The van der Waals surface area contributed by atoms with E-state index >= 15 is 0 Å². The molecule has 0 heterocycles. The van der Waals surface area contributed by atoms with Crippen LogP contribution in [0.4, 0.5) is 5.69 Å². The lowest BCUT2D eigenvalue weighted by Crippen LogP contribution is -2.34. The van der Waals surface area contributed by atoms with Gasteiger partial charge in [0.1, 0.15) is 5.75 Å². The van der Waals surface area contributed by atoms with E-state index in [1.165, 1.54) is 0 Å². The highest BCUT2D eigenvalue weighted by atomic mass is 35.5. The maximum atomic E-state index is 12.3. The predicted molar refractivity (Wildman–Crippen MR) is 81.3 cm³/mol. The zero-order chi connectivity index (χ0) is 14.7. The van der Waals surface area contributed by atoms with E-state index in [9.17, 15) is 4.79 Å². The second-order valence-corrected chi connectivity index (χ2v) is 5.82. The van der Waals surface area contributed by atoms with Crippen LogP contribution in [0, 0.1) is 12.8 Å². The molecule has 1 aromatic rings. The summed E-state index contributed by atoms with van der Waals surface area (Å²) in [5.74, 6) is 0.577. The van der Waals surface area contributed by atoms with Crippen LogP contribution in [0.25, 0.3) is 0 Å². The number of benzene rings is 1. The first-order chi connectivity index (χ1) is 9.51. The molecule has 0 saturated heterocycles. The highest BCUT2D eigenvalue weighted by Gasteiger charge is 2.26. The van der Waals surface area contributed by atoms with E-state index in [-0.39, 0.29) is 17.9 Å². The number of aryl methyl sites for hydroxylation is 1. The van der Waals surface area contributed by atoms with Gasteiger partial charge in [0.2, 0.25) is 5.91 Å². The summed E-state index contributed by atoms with van der Waals surface area (Å²) in [5, 5.41) is 3.57. The Balaban J connectivity index is 2.12. The van der Waals surface area contributed by atoms with Crippen molar-refractivity contribution < 1.29 is 9.53 Å². The van der Waals surface area contributed by atoms with Crippen LogP contribution >= 0.6 is 11.6 Å². The van der Waals surface area contributed by atoms with Crippen LogP contribution in [0.15, 0.2) is 12.1 Å². The molecule has 1 aromatic carbocycles. The molecule has 1 aliphatic carbocycles. The van der Waals surface area contributed by atoms with Crippen LogP contribution in [0.3, 0.4) is 0 Å². The Morgan fingerprint density at radius 2 is 2.20 bits per heavy atom. The highest BCUT2D eigenvalue weighted by molar-refractivity contribution is 6.31. The molecule has 0 bridgehead atoms. The highest BCUT2D eigenvalue weighted by Crippen LogP contribution is 2.32. The summed E-state index contributed by atoms with van der Waals surface area (Å²) in [7, 11) is 1.56. The number of carbonyl (C=O) groups excluding carboxylic acids is 1. The van der Waals surface area contributed by atoms with Crippen LogP contribution in [0.5, 0.6) is 5.75 Å². The van der Waals surface area contributed by atoms with Crippen molar-refractivity contribution in [3.63, 3.8) is 0 Å². The number of methoxy groups -OCH3 is 1. The number of rotatable bonds is 3. The molecule has 1 aliphatic rings. The summed E-state index contributed by atoms with van der Waals surface area (Å²) < 4.78 is 5.27. The summed E-state index contributed by atoms with van der Waals surface area (Å²) >= 11 is 6.06. The standard InChI is InChI=1S/C15H21ClN2O2/c1-9-6-13(14(20-2)8-12(9)16)18-15(19)10-4-3-5-11(17)7-10/h6,8,10-11H,3-5,7,17H2,1-2H3,(H,18,19). The van der Waals surface area contributed by atoms with Crippen molar-refractivity contribution in [3.8, 4) is 5.75 Å². The summed E-state index contributed by atoms with van der Waals surface area (Å²) in [5.41, 5.74) is 7.51. The van der Waals surface area contributed by atoms with Gasteiger partial charge in [0.25, 0.3) is 0 Å². The van der Waals surface area contributed by atoms with Crippen molar-refractivity contribution >= 4 is 23.2 Å². The Hall–Kier alpha value is -1.26. The number of ether oxygens (including phenoxy) is 1. The lowest BCUT2D eigenvalue weighted by Gasteiger charge is -2.26. The van der Waals surface area contributed by atoms with E-state index in [1.807, 2.05) is 13.0 Å². The molecule has 4 nitrogen and oxygen atoms in total. The monoisotopic (exact) mass is 296 g/mol. The molecule has 1 saturated carbocycles. The average Bonchev–Trinajstić information content (AvgIpc) is 2.42. The van der Waals surface area contributed by atoms with E-state index in [0.29, 0.717) is 16.5 Å². The molecule has 1 amide bonds. The zero-order valence-electron chi connectivity index (χ0n) is 11.9. The molecular formula is C15H21ClN2O2. The van der Waals surface area contributed by atoms with E-state index in [1.54, 1.807) is 13.2 Å². The van der Waals surface area contributed by atoms with Gasteiger partial charge in [0.15, 0.2) is 0 Å². The number of carbonyl (C=O) groups is 1. The molecule has 0 aliphatic heterocycles. The van der Waals surface area contributed by atoms with Crippen LogP contribution in [-0.2, 0) is 4.79 Å². The normalized spacial score (nSPS) is 22.4. The van der Waals surface area contributed by atoms with Crippen molar-refractivity contribution in [2.24, 2.45) is 11.7 Å². The molecule has 3 N–H and O–H groups in total. The van der Waals surface area contributed by atoms with Gasteiger partial charge in [0, 0.05) is 23.0 Å². The summed E-state index contributed by atoms with van der Waals surface area (Å²) in [4.78, 5) is 12.3. The van der Waals surface area contributed by atoms with Crippen molar-refractivity contribution in [1.29, 1.82) is 0 Å². The number of amides is 1. The first kappa shape index (κ1) is 15.1. The van der Waals surface area contributed by atoms with Crippen LogP contribution in [-0.4, -0.2) is 19.1 Å². The van der Waals surface area contributed by atoms with Gasteiger partial charge in [-0.15, -0.1) is 0 Å². The van der Waals surface area contributed by atoms with Crippen molar-refractivity contribution in [2.75, 3.05) is 12.4 Å². The first-order valence-electron chi connectivity index (χ1n) is 6.92. The second kappa shape index (κ2) is 6.46. The van der Waals surface area contributed by atoms with Crippen LogP contribution < -0.4 is 15.8 Å². The summed E-state index contributed by atoms with van der Waals surface area (Å²) in [6.45, 7) is 1.90. The second-order valence-electron chi connectivity index (χ2n) is 5.41. The largest absolute Gasteiger partial charge is 0.495 e. The smallest absolute Gasteiger partial charge is 0.227 e. The summed E-state index contributed by atoms with van der Waals surface area (Å²) in [6, 6.07) is 3.69. The third-order valence-electron chi connectivity index (χ3n) is 3.82. The number of hydrogen-bond donors (Lipinski definition) is 2. The van der Waals surface area contributed by atoms with E-state index in [2.05, 4.69) is 5.32 Å². The molecule has 5 heteroatoms. The molecule has 2 atom stereocenters. The Morgan fingerprint density at radius 1 is 1.45 bits per heavy atom. The topological polar surface area (TPSA) is 64.3 Å². The summed E-state index contributed by atoms with van der Waals surface area (Å²) in [6.07, 6.45) is 3.67. The van der Waals surface area contributed by atoms with Gasteiger partial charge < -0.3 is 15.8 Å². The lowest BCUT2D eigenvalue weighted by atomic mass is 9.85. The van der Waals surface area contributed by atoms with Crippen molar-refractivity contribution in [1.82, 2.24) is 0 Å². The SMILES string of the molecule is COc1cc(Cl)c(C)cc1NC(=O)C1CCCC(N)C1. The maximum absolute atomic E-state index is 12.3. The Bertz CT molecular complexity index is 505. The number of hydrogen-bond acceptors (Lipinski definition) is 3. The van der Waals surface area contributed by atoms with Gasteiger partial charge in [-0.1, -0.05) is 18.0 Å². The molecule has 110 valence electrons. The number of anilines is 1. The molecular weight excluding hydrogens is 276 g/mol. The third kappa shape index (κ3) is 3.44.